The summed E-state index contributed by atoms with van der Waals surface area (Å²) in [6.45, 7) is 1.06. The lowest BCUT2D eigenvalue weighted by molar-refractivity contribution is -0.134. The summed E-state index contributed by atoms with van der Waals surface area (Å²) < 4.78 is 1.82. The van der Waals surface area contributed by atoms with Crippen molar-refractivity contribution < 1.29 is 9.59 Å². The minimum Gasteiger partial charge on any atom is -0.341 e. The summed E-state index contributed by atoms with van der Waals surface area (Å²) in [5.41, 5.74) is 3.10. The monoisotopic (exact) mass is 468 g/mol. The standard InChI is InChI=1S/C28H28N4O3/c33-26(21-11-5-2-6-12-21)29-24(19-20-9-3-1-4-10-20)27(34)31-17-15-22(16-18-31)32-25-14-8-7-13-23(25)30-28(32)35/h1-14,22,24H,15-19H2,(H,29,33)(H,30,35). The molecule has 2 heterocycles. The number of carbonyl (C=O) groups is 2. The average Bonchev–Trinajstić information content (AvgIpc) is 3.24. The van der Waals surface area contributed by atoms with Gasteiger partial charge < -0.3 is 15.2 Å². The van der Waals surface area contributed by atoms with Gasteiger partial charge in [-0.05, 0) is 42.7 Å². The highest BCUT2D eigenvalue weighted by atomic mass is 16.2. The predicted molar refractivity (Wildman–Crippen MR) is 135 cm³/mol. The number of nitrogens with zero attached hydrogens (tertiary/aromatic N) is 2. The van der Waals surface area contributed by atoms with E-state index < -0.39 is 6.04 Å². The molecular weight excluding hydrogens is 440 g/mol. The average molecular weight is 469 g/mol. The fourth-order valence-electron chi connectivity index (χ4n) is 4.88. The SMILES string of the molecule is O=C(NC(Cc1ccccc1)C(=O)N1CCC(n2c(=O)[nH]c3ccccc32)CC1)c1ccccc1. The van der Waals surface area contributed by atoms with Gasteiger partial charge in [0.15, 0.2) is 0 Å². The van der Waals surface area contributed by atoms with E-state index in [2.05, 4.69) is 10.3 Å². The maximum Gasteiger partial charge on any atom is 0.326 e. The first-order valence-electron chi connectivity index (χ1n) is 12.0. The van der Waals surface area contributed by atoms with Crippen LogP contribution in [0.25, 0.3) is 11.0 Å². The molecule has 3 aromatic carbocycles. The van der Waals surface area contributed by atoms with Crippen molar-refractivity contribution in [2.45, 2.75) is 31.3 Å². The van der Waals surface area contributed by atoms with Gasteiger partial charge in [-0.25, -0.2) is 4.79 Å². The normalized spacial score (nSPS) is 15.1. The number of aromatic amines is 1. The molecular formula is C28H28N4O3. The van der Waals surface area contributed by atoms with Crippen LogP contribution in [0.3, 0.4) is 0 Å². The molecule has 0 spiro atoms. The molecule has 0 aliphatic carbocycles. The zero-order chi connectivity index (χ0) is 24.2. The Balaban J connectivity index is 1.31. The molecule has 35 heavy (non-hydrogen) atoms. The van der Waals surface area contributed by atoms with Crippen molar-refractivity contribution in [3.8, 4) is 0 Å². The number of aromatic nitrogens is 2. The number of piperidine rings is 1. The third kappa shape index (κ3) is 4.89. The maximum atomic E-state index is 13.6. The molecule has 1 unspecified atom stereocenters. The Morgan fingerprint density at radius 3 is 2.23 bits per heavy atom. The molecule has 1 aliphatic rings. The van der Waals surface area contributed by atoms with Crippen LogP contribution in [-0.2, 0) is 11.2 Å². The molecule has 1 saturated heterocycles. The summed E-state index contributed by atoms with van der Waals surface area (Å²) in [4.78, 5) is 43.8. The summed E-state index contributed by atoms with van der Waals surface area (Å²) in [5.74, 6) is -0.358. The Morgan fingerprint density at radius 1 is 0.886 bits per heavy atom. The topological polar surface area (TPSA) is 87.2 Å². The van der Waals surface area contributed by atoms with Crippen molar-refractivity contribution in [2.75, 3.05) is 13.1 Å². The number of imidazole rings is 1. The Kier molecular flexibility index (Phi) is 6.48. The Labute approximate surface area is 203 Å². The summed E-state index contributed by atoms with van der Waals surface area (Å²) in [6, 6.07) is 25.7. The molecule has 2 amide bonds. The maximum absolute atomic E-state index is 13.6. The molecule has 0 radical (unpaired) electrons. The van der Waals surface area contributed by atoms with Crippen LogP contribution in [0.5, 0.6) is 0 Å². The van der Waals surface area contributed by atoms with Crippen LogP contribution in [-0.4, -0.2) is 45.4 Å². The second-order valence-corrected chi connectivity index (χ2v) is 8.96. The Morgan fingerprint density at radius 2 is 1.51 bits per heavy atom. The lowest BCUT2D eigenvalue weighted by atomic mass is 10.0. The first kappa shape index (κ1) is 22.7. The molecule has 1 fully saturated rings. The molecule has 5 rings (SSSR count). The molecule has 2 N–H and O–H groups in total. The van der Waals surface area contributed by atoms with Crippen molar-refractivity contribution in [2.24, 2.45) is 0 Å². The number of amides is 2. The van der Waals surface area contributed by atoms with Gasteiger partial charge in [0.2, 0.25) is 5.91 Å². The number of benzene rings is 3. The third-order valence-electron chi connectivity index (χ3n) is 6.69. The van der Waals surface area contributed by atoms with E-state index in [-0.39, 0.29) is 23.5 Å². The molecule has 4 aromatic rings. The van der Waals surface area contributed by atoms with Crippen molar-refractivity contribution in [3.63, 3.8) is 0 Å². The van der Waals surface area contributed by atoms with E-state index in [1.54, 1.807) is 24.3 Å². The number of para-hydroxylation sites is 2. The van der Waals surface area contributed by atoms with Crippen molar-refractivity contribution in [1.82, 2.24) is 19.8 Å². The van der Waals surface area contributed by atoms with Crippen LogP contribution in [0.2, 0.25) is 0 Å². The zero-order valence-electron chi connectivity index (χ0n) is 19.4. The summed E-state index contributed by atoms with van der Waals surface area (Å²) in [7, 11) is 0. The highest BCUT2D eigenvalue weighted by molar-refractivity contribution is 5.97. The van der Waals surface area contributed by atoms with E-state index in [1.165, 1.54) is 0 Å². The van der Waals surface area contributed by atoms with Gasteiger partial charge in [-0.3, -0.25) is 14.2 Å². The molecule has 7 nitrogen and oxygen atoms in total. The largest absolute Gasteiger partial charge is 0.341 e. The van der Waals surface area contributed by atoms with E-state index in [0.717, 1.165) is 16.6 Å². The number of H-pyrrole nitrogens is 1. The van der Waals surface area contributed by atoms with Gasteiger partial charge >= 0.3 is 5.69 Å². The van der Waals surface area contributed by atoms with Crippen LogP contribution in [0.15, 0.2) is 89.7 Å². The van der Waals surface area contributed by atoms with Gasteiger partial charge in [0, 0.05) is 31.1 Å². The van der Waals surface area contributed by atoms with Crippen molar-refractivity contribution in [3.05, 3.63) is 107 Å². The second kappa shape index (κ2) is 10.0. The number of nitrogens with one attached hydrogen (secondary N) is 2. The fraction of sp³-hybridized carbons (Fsp3) is 0.250. The minimum absolute atomic E-state index is 0.0224. The molecule has 0 bridgehead atoms. The Bertz CT molecular complexity index is 1370. The van der Waals surface area contributed by atoms with Crippen LogP contribution in [0.1, 0.15) is 34.8 Å². The molecule has 1 atom stereocenters. The predicted octanol–water partition coefficient (Wildman–Crippen LogP) is 3.53. The van der Waals surface area contributed by atoms with Gasteiger partial charge in [-0.15, -0.1) is 0 Å². The number of rotatable bonds is 6. The number of fused-ring (bicyclic) bond motifs is 1. The highest BCUT2D eigenvalue weighted by Gasteiger charge is 2.31. The van der Waals surface area contributed by atoms with Gasteiger partial charge in [0.05, 0.1) is 11.0 Å². The lowest BCUT2D eigenvalue weighted by Crippen LogP contribution is -2.52. The lowest BCUT2D eigenvalue weighted by Gasteiger charge is -2.35. The van der Waals surface area contributed by atoms with Crippen LogP contribution in [0, 0.1) is 0 Å². The number of hydrogen-bond acceptors (Lipinski definition) is 3. The van der Waals surface area contributed by atoms with Crippen LogP contribution >= 0.6 is 0 Å². The molecule has 7 heteroatoms. The first-order chi connectivity index (χ1) is 17.1. The fourth-order valence-corrected chi connectivity index (χ4v) is 4.88. The number of hydrogen-bond donors (Lipinski definition) is 2. The van der Waals surface area contributed by atoms with Gasteiger partial charge in [0.1, 0.15) is 6.04 Å². The summed E-state index contributed by atoms with van der Waals surface area (Å²) >= 11 is 0. The smallest absolute Gasteiger partial charge is 0.326 e. The quantitative estimate of drug-likeness (QED) is 0.454. The van der Waals surface area contributed by atoms with Crippen LogP contribution < -0.4 is 11.0 Å². The molecule has 178 valence electrons. The third-order valence-corrected chi connectivity index (χ3v) is 6.69. The molecule has 0 saturated carbocycles. The van der Waals surface area contributed by atoms with E-state index in [0.29, 0.717) is 37.9 Å². The van der Waals surface area contributed by atoms with Gasteiger partial charge in [-0.1, -0.05) is 60.7 Å². The van der Waals surface area contributed by atoms with E-state index >= 15 is 0 Å². The van der Waals surface area contributed by atoms with Crippen molar-refractivity contribution >= 4 is 22.8 Å². The Hall–Kier alpha value is -4.13. The highest BCUT2D eigenvalue weighted by Crippen LogP contribution is 2.25. The van der Waals surface area contributed by atoms with Crippen LogP contribution in [0.4, 0.5) is 0 Å². The zero-order valence-corrected chi connectivity index (χ0v) is 19.4. The van der Waals surface area contributed by atoms with E-state index in [1.807, 2.05) is 70.1 Å². The first-order valence-corrected chi connectivity index (χ1v) is 12.0. The summed E-state index contributed by atoms with van der Waals surface area (Å²) in [6.07, 6.45) is 1.77. The number of likely N-dealkylation sites (tertiary alicyclic amines) is 1. The molecule has 1 aromatic heterocycles. The number of carbonyl (C=O) groups excluding carboxylic acids is 2. The van der Waals surface area contributed by atoms with E-state index in [9.17, 15) is 14.4 Å². The molecule has 1 aliphatic heterocycles. The van der Waals surface area contributed by atoms with Gasteiger partial charge in [0.25, 0.3) is 5.91 Å². The second-order valence-electron chi connectivity index (χ2n) is 8.96. The summed E-state index contributed by atoms with van der Waals surface area (Å²) in [5, 5.41) is 2.96. The van der Waals surface area contributed by atoms with E-state index in [4.69, 9.17) is 0 Å². The van der Waals surface area contributed by atoms with Gasteiger partial charge in [-0.2, -0.15) is 0 Å². The van der Waals surface area contributed by atoms with Crippen molar-refractivity contribution in [1.29, 1.82) is 0 Å². The minimum atomic E-state index is -0.669.